The van der Waals surface area contributed by atoms with Gasteiger partial charge >= 0.3 is 0 Å². The molecule has 1 aliphatic carbocycles. The molecule has 1 aromatic rings. The minimum atomic E-state index is 0.480. The molecule has 0 amide bonds. The maximum Gasteiger partial charge on any atom is 0.225 e. The van der Waals surface area contributed by atoms with Crippen molar-refractivity contribution in [3.8, 4) is 0 Å². The monoisotopic (exact) mass is 197 g/mol. The first-order valence-corrected chi connectivity index (χ1v) is 4.94. The van der Waals surface area contributed by atoms with E-state index in [1.807, 2.05) is 7.05 Å². The van der Waals surface area contributed by atoms with Crippen LogP contribution in [0.15, 0.2) is 12.4 Å². The Morgan fingerprint density at radius 3 is 2.54 bits per heavy atom. The average Bonchev–Trinajstić information content (AvgIpc) is 3.00. The fraction of sp³-hybridized carbons (Fsp3) is 0.556. The van der Waals surface area contributed by atoms with Gasteiger partial charge in [0.05, 0.1) is 5.88 Å². The van der Waals surface area contributed by atoms with Crippen LogP contribution >= 0.6 is 11.6 Å². The summed E-state index contributed by atoms with van der Waals surface area (Å²) >= 11 is 5.64. The predicted octanol–water partition coefficient (Wildman–Crippen LogP) is 1.81. The van der Waals surface area contributed by atoms with Crippen LogP contribution in [0.25, 0.3) is 0 Å². The van der Waals surface area contributed by atoms with Gasteiger partial charge in [-0.2, -0.15) is 0 Å². The van der Waals surface area contributed by atoms with Crippen LogP contribution in [0.4, 0.5) is 5.95 Å². The van der Waals surface area contributed by atoms with E-state index in [9.17, 15) is 0 Å². The molecule has 1 aromatic heterocycles. The molecule has 3 nitrogen and oxygen atoms in total. The van der Waals surface area contributed by atoms with E-state index in [1.165, 1.54) is 12.8 Å². The van der Waals surface area contributed by atoms with Gasteiger partial charge < -0.3 is 4.90 Å². The number of anilines is 1. The van der Waals surface area contributed by atoms with Gasteiger partial charge in [-0.25, -0.2) is 9.97 Å². The summed E-state index contributed by atoms with van der Waals surface area (Å²) < 4.78 is 0. The van der Waals surface area contributed by atoms with Crippen molar-refractivity contribution in [2.75, 3.05) is 11.9 Å². The highest BCUT2D eigenvalue weighted by atomic mass is 35.5. The van der Waals surface area contributed by atoms with E-state index in [0.717, 1.165) is 11.5 Å². The molecule has 0 radical (unpaired) electrons. The number of alkyl halides is 1. The third-order valence-corrected chi connectivity index (χ3v) is 2.56. The molecule has 0 bridgehead atoms. The van der Waals surface area contributed by atoms with E-state index in [4.69, 9.17) is 11.6 Å². The summed E-state index contributed by atoms with van der Waals surface area (Å²) in [4.78, 5) is 10.6. The highest BCUT2D eigenvalue weighted by molar-refractivity contribution is 6.17. The van der Waals surface area contributed by atoms with Gasteiger partial charge in [0.2, 0.25) is 5.95 Å². The van der Waals surface area contributed by atoms with Gasteiger partial charge in [-0.3, -0.25) is 0 Å². The van der Waals surface area contributed by atoms with E-state index in [-0.39, 0.29) is 0 Å². The third kappa shape index (κ3) is 1.91. The Morgan fingerprint density at radius 2 is 2.08 bits per heavy atom. The first-order chi connectivity index (χ1) is 6.31. The third-order valence-electron chi connectivity index (χ3n) is 2.26. The molecule has 1 fully saturated rings. The fourth-order valence-corrected chi connectivity index (χ4v) is 1.36. The van der Waals surface area contributed by atoms with Crippen molar-refractivity contribution < 1.29 is 0 Å². The van der Waals surface area contributed by atoms with Crippen molar-refractivity contribution in [1.82, 2.24) is 9.97 Å². The molecular weight excluding hydrogens is 186 g/mol. The summed E-state index contributed by atoms with van der Waals surface area (Å²) in [7, 11) is 2.04. The number of nitrogens with zero attached hydrogens (tertiary/aromatic N) is 3. The van der Waals surface area contributed by atoms with Gasteiger partial charge in [-0.05, 0) is 12.8 Å². The first-order valence-electron chi connectivity index (χ1n) is 4.41. The molecule has 1 aliphatic rings. The molecular formula is C9H12ClN3. The van der Waals surface area contributed by atoms with E-state index in [0.29, 0.717) is 11.9 Å². The summed E-state index contributed by atoms with van der Waals surface area (Å²) in [5.74, 6) is 1.28. The summed E-state index contributed by atoms with van der Waals surface area (Å²) in [6.45, 7) is 0. The standard InChI is InChI=1S/C9H12ClN3/c1-13(8-2-3-8)9-11-5-7(4-10)6-12-9/h5-6,8H,2-4H2,1H3. The topological polar surface area (TPSA) is 29.0 Å². The van der Waals surface area contributed by atoms with Crippen LogP contribution in [0.2, 0.25) is 0 Å². The molecule has 1 saturated carbocycles. The molecule has 0 N–H and O–H groups in total. The molecule has 0 saturated heterocycles. The zero-order chi connectivity index (χ0) is 9.26. The largest absolute Gasteiger partial charge is 0.341 e. The molecule has 1 heterocycles. The smallest absolute Gasteiger partial charge is 0.225 e. The number of aromatic nitrogens is 2. The highest BCUT2D eigenvalue weighted by Crippen LogP contribution is 2.27. The van der Waals surface area contributed by atoms with Crippen LogP contribution in [0, 0.1) is 0 Å². The lowest BCUT2D eigenvalue weighted by Crippen LogP contribution is -2.21. The highest BCUT2D eigenvalue weighted by Gasteiger charge is 2.27. The molecule has 0 aliphatic heterocycles. The van der Waals surface area contributed by atoms with E-state index in [2.05, 4.69) is 14.9 Å². The summed E-state index contributed by atoms with van der Waals surface area (Å²) in [6, 6.07) is 0.654. The van der Waals surface area contributed by atoms with Crippen molar-refractivity contribution in [3.63, 3.8) is 0 Å². The normalized spacial score (nSPS) is 15.8. The van der Waals surface area contributed by atoms with Gasteiger partial charge in [-0.15, -0.1) is 11.6 Å². The SMILES string of the molecule is CN(c1ncc(CCl)cn1)C1CC1. The number of rotatable bonds is 3. The fourth-order valence-electron chi connectivity index (χ4n) is 1.22. The Hall–Kier alpha value is -0.830. The number of hydrogen-bond donors (Lipinski definition) is 0. The Morgan fingerprint density at radius 1 is 1.46 bits per heavy atom. The van der Waals surface area contributed by atoms with Gasteiger partial charge in [0.15, 0.2) is 0 Å². The Bertz CT molecular complexity index is 281. The predicted molar refractivity (Wildman–Crippen MR) is 53.0 cm³/mol. The first kappa shape index (κ1) is 8.75. The van der Waals surface area contributed by atoms with E-state index in [1.54, 1.807) is 12.4 Å². The molecule has 13 heavy (non-hydrogen) atoms. The van der Waals surface area contributed by atoms with Crippen molar-refractivity contribution in [1.29, 1.82) is 0 Å². The van der Waals surface area contributed by atoms with Crippen LogP contribution < -0.4 is 4.90 Å². The van der Waals surface area contributed by atoms with E-state index >= 15 is 0 Å². The van der Waals surface area contributed by atoms with Crippen LogP contribution in [0.3, 0.4) is 0 Å². The quantitative estimate of drug-likeness (QED) is 0.693. The van der Waals surface area contributed by atoms with Gasteiger partial charge in [0, 0.05) is 31.0 Å². The minimum absolute atomic E-state index is 0.480. The zero-order valence-electron chi connectivity index (χ0n) is 7.57. The maximum atomic E-state index is 5.64. The average molecular weight is 198 g/mol. The van der Waals surface area contributed by atoms with E-state index < -0.39 is 0 Å². The molecule has 2 rings (SSSR count). The molecule has 0 unspecified atom stereocenters. The van der Waals surface area contributed by atoms with Gasteiger partial charge in [-0.1, -0.05) is 0 Å². The van der Waals surface area contributed by atoms with Crippen LogP contribution in [-0.4, -0.2) is 23.1 Å². The Labute approximate surface area is 82.8 Å². The van der Waals surface area contributed by atoms with Gasteiger partial charge in [0.25, 0.3) is 0 Å². The second-order valence-electron chi connectivity index (χ2n) is 3.37. The number of halogens is 1. The Balaban J connectivity index is 2.11. The van der Waals surface area contributed by atoms with Crippen molar-refractivity contribution in [3.05, 3.63) is 18.0 Å². The molecule has 4 heteroatoms. The van der Waals surface area contributed by atoms with Crippen LogP contribution in [0.5, 0.6) is 0 Å². The van der Waals surface area contributed by atoms with Crippen molar-refractivity contribution in [2.24, 2.45) is 0 Å². The minimum Gasteiger partial charge on any atom is -0.341 e. The molecule has 0 aromatic carbocycles. The second-order valence-corrected chi connectivity index (χ2v) is 3.63. The van der Waals surface area contributed by atoms with Crippen LogP contribution in [0.1, 0.15) is 18.4 Å². The zero-order valence-corrected chi connectivity index (χ0v) is 8.33. The lowest BCUT2D eigenvalue weighted by Gasteiger charge is -2.15. The van der Waals surface area contributed by atoms with Gasteiger partial charge in [0.1, 0.15) is 0 Å². The lowest BCUT2D eigenvalue weighted by atomic mass is 10.4. The second kappa shape index (κ2) is 3.50. The molecule has 0 spiro atoms. The molecule has 70 valence electrons. The summed E-state index contributed by atoms with van der Waals surface area (Å²) in [6.07, 6.45) is 6.09. The maximum absolute atomic E-state index is 5.64. The van der Waals surface area contributed by atoms with Crippen molar-refractivity contribution >= 4 is 17.5 Å². The Kier molecular flexibility index (Phi) is 2.36. The van der Waals surface area contributed by atoms with Crippen molar-refractivity contribution in [2.45, 2.75) is 24.8 Å². The summed E-state index contributed by atoms with van der Waals surface area (Å²) in [5.41, 5.74) is 0.967. The summed E-state index contributed by atoms with van der Waals surface area (Å²) in [5, 5.41) is 0. The van der Waals surface area contributed by atoms with Crippen LogP contribution in [-0.2, 0) is 5.88 Å². The lowest BCUT2D eigenvalue weighted by molar-refractivity contribution is 0.858. The number of hydrogen-bond acceptors (Lipinski definition) is 3. The molecule has 0 atom stereocenters.